The molecule has 2 aromatic rings. The zero-order chi connectivity index (χ0) is 14.5. The molecule has 2 rings (SSSR count). The summed E-state index contributed by atoms with van der Waals surface area (Å²) in [5.74, 6) is -0.286. The van der Waals surface area contributed by atoms with Gasteiger partial charge >= 0.3 is 0 Å². The van der Waals surface area contributed by atoms with Crippen molar-refractivity contribution in [2.75, 3.05) is 13.6 Å². The Bertz CT molecular complexity index is 562. The fraction of sp³-hybridized carbons (Fsp3) is 0.267. The van der Waals surface area contributed by atoms with Gasteiger partial charge in [-0.2, -0.15) is 0 Å². The second-order valence-corrected chi connectivity index (χ2v) is 5.12. The van der Waals surface area contributed by atoms with Crippen molar-refractivity contribution in [3.63, 3.8) is 0 Å². The largest absolute Gasteiger partial charge is 0.329 e. The maximum absolute atomic E-state index is 14.0. The molecule has 0 fully saturated rings. The molecule has 2 N–H and O–H groups in total. The van der Waals surface area contributed by atoms with Crippen LogP contribution in [0.3, 0.4) is 0 Å². The first-order valence-electron chi connectivity index (χ1n) is 6.36. The van der Waals surface area contributed by atoms with E-state index in [1.165, 1.54) is 12.1 Å². The Kier molecular flexibility index (Phi) is 5.06. The van der Waals surface area contributed by atoms with Gasteiger partial charge in [-0.15, -0.1) is 0 Å². The van der Waals surface area contributed by atoms with Crippen LogP contribution in [-0.2, 0) is 6.54 Å². The van der Waals surface area contributed by atoms with Crippen molar-refractivity contribution < 1.29 is 4.39 Å². The molecule has 0 aliphatic carbocycles. The van der Waals surface area contributed by atoms with Crippen molar-refractivity contribution in [3.8, 4) is 0 Å². The molecule has 0 saturated heterocycles. The SMILES string of the molecule is CN(Cc1ccncc1)C(CN)c1cc(Cl)ccc1F. The van der Waals surface area contributed by atoms with Gasteiger partial charge in [-0.3, -0.25) is 9.88 Å². The molecule has 5 heteroatoms. The van der Waals surface area contributed by atoms with Crippen LogP contribution < -0.4 is 5.73 Å². The van der Waals surface area contributed by atoms with E-state index >= 15 is 0 Å². The number of likely N-dealkylation sites (N-methyl/N-ethyl adjacent to an activating group) is 1. The number of hydrogen-bond donors (Lipinski definition) is 1. The van der Waals surface area contributed by atoms with E-state index in [0.717, 1.165) is 5.56 Å². The zero-order valence-corrected chi connectivity index (χ0v) is 12.0. The van der Waals surface area contributed by atoms with Crippen molar-refractivity contribution in [1.82, 2.24) is 9.88 Å². The number of pyridine rings is 1. The standard InChI is InChI=1S/C15H17ClFN3/c1-20(10-11-4-6-19-7-5-11)15(9-18)13-8-12(16)2-3-14(13)17/h2-8,15H,9-10,18H2,1H3. The highest BCUT2D eigenvalue weighted by Crippen LogP contribution is 2.25. The number of aromatic nitrogens is 1. The molecule has 0 radical (unpaired) electrons. The second kappa shape index (κ2) is 6.79. The van der Waals surface area contributed by atoms with Crippen LogP contribution in [0.4, 0.5) is 4.39 Å². The Labute approximate surface area is 123 Å². The lowest BCUT2D eigenvalue weighted by Gasteiger charge is -2.27. The zero-order valence-electron chi connectivity index (χ0n) is 11.3. The second-order valence-electron chi connectivity index (χ2n) is 4.69. The summed E-state index contributed by atoms with van der Waals surface area (Å²) in [5.41, 5.74) is 7.44. The van der Waals surface area contributed by atoms with Crippen LogP contribution in [0.5, 0.6) is 0 Å². The molecule has 0 spiro atoms. The summed E-state index contributed by atoms with van der Waals surface area (Å²) in [6, 6.07) is 8.19. The number of nitrogens with two attached hydrogens (primary N) is 1. The Morgan fingerprint density at radius 1 is 1.30 bits per heavy atom. The van der Waals surface area contributed by atoms with Gasteiger partial charge in [0.25, 0.3) is 0 Å². The van der Waals surface area contributed by atoms with E-state index < -0.39 is 0 Å². The predicted octanol–water partition coefficient (Wildman–Crippen LogP) is 3.01. The minimum absolute atomic E-state index is 0.220. The Morgan fingerprint density at radius 2 is 2.00 bits per heavy atom. The minimum atomic E-state index is -0.286. The topological polar surface area (TPSA) is 42.2 Å². The Hall–Kier alpha value is -1.49. The van der Waals surface area contributed by atoms with Gasteiger partial charge in [-0.05, 0) is 42.9 Å². The highest BCUT2D eigenvalue weighted by Gasteiger charge is 2.19. The van der Waals surface area contributed by atoms with Gasteiger partial charge in [0.15, 0.2) is 0 Å². The van der Waals surface area contributed by atoms with Crippen LogP contribution in [0.25, 0.3) is 0 Å². The number of nitrogens with zero attached hydrogens (tertiary/aromatic N) is 2. The van der Waals surface area contributed by atoms with Gasteiger partial charge < -0.3 is 5.73 Å². The van der Waals surface area contributed by atoms with Gasteiger partial charge in [-0.1, -0.05) is 11.6 Å². The molecule has 1 unspecified atom stereocenters. The summed E-state index contributed by atoms with van der Waals surface area (Å²) in [6.07, 6.45) is 3.47. The van der Waals surface area contributed by atoms with Crippen molar-refractivity contribution in [2.45, 2.75) is 12.6 Å². The highest BCUT2D eigenvalue weighted by molar-refractivity contribution is 6.30. The first kappa shape index (κ1) is 14.9. The molecule has 1 atom stereocenters. The molecule has 0 aliphatic heterocycles. The van der Waals surface area contributed by atoms with Gasteiger partial charge in [-0.25, -0.2) is 4.39 Å². The van der Waals surface area contributed by atoms with Crippen molar-refractivity contribution in [1.29, 1.82) is 0 Å². The maximum Gasteiger partial charge on any atom is 0.128 e. The summed E-state index contributed by atoms with van der Waals surface area (Å²) >= 11 is 5.95. The van der Waals surface area contributed by atoms with Crippen molar-refractivity contribution in [3.05, 3.63) is 64.7 Å². The summed E-state index contributed by atoms with van der Waals surface area (Å²) < 4.78 is 14.0. The third kappa shape index (κ3) is 3.54. The molecule has 106 valence electrons. The number of rotatable bonds is 5. The Balaban J connectivity index is 2.21. The van der Waals surface area contributed by atoms with Gasteiger partial charge in [0.1, 0.15) is 5.82 Å². The highest BCUT2D eigenvalue weighted by atomic mass is 35.5. The van der Waals surface area contributed by atoms with Gasteiger partial charge in [0.2, 0.25) is 0 Å². The average Bonchev–Trinajstić information content (AvgIpc) is 2.44. The van der Waals surface area contributed by atoms with E-state index in [2.05, 4.69) is 4.98 Å². The van der Waals surface area contributed by atoms with E-state index in [1.54, 1.807) is 18.5 Å². The molecule has 0 amide bonds. The molecule has 1 aromatic carbocycles. The lowest BCUT2D eigenvalue weighted by atomic mass is 10.0. The van der Waals surface area contributed by atoms with Crippen LogP contribution in [0.15, 0.2) is 42.7 Å². The molecular weight excluding hydrogens is 277 g/mol. The third-order valence-corrected chi connectivity index (χ3v) is 3.49. The summed E-state index contributed by atoms with van der Waals surface area (Å²) in [7, 11) is 1.91. The summed E-state index contributed by atoms with van der Waals surface area (Å²) in [6.45, 7) is 0.981. The molecule has 1 heterocycles. The number of halogens is 2. The number of hydrogen-bond acceptors (Lipinski definition) is 3. The van der Waals surface area contributed by atoms with Crippen LogP contribution in [0, 0.1) is 5.82 Å². The molecule has 3 nitrogen and oxygen atoms in total. The molecule has 0 aliphatic rings. The normalized spacial score (nSPS) is 12.7. The monoisotopic (exact) mass is 293 g/mol. The van der Waals surface area contributed by atoms with E-state index in [4.69, 9.17) is 17.3 Å². The predicted molar refractivity (Wildman–Crippen MR) is 78.9 cm³/mol. The van der Waals surface area contributed by atoms with Crippen LogP contribution in [0.1, 0.15) is 17.2 Å². The van der Waals surface area contributed by atoms with E-state index in [0.29, 0.717) is 23.7 Å². The lowest BCUT2D eigenvalue weighted by molar-refractivity contribution is 0.236. The average molecular weight is 294 g/mol. The molecule has 0 saturated carbocycles. The smallest absolute Gasteiger partial charge is 0.128 e. The Morgan fingerprint density at radius 3 is 2.65 bits per heavy atom. The quantitative estimate of drug-likeness (QED) is 0.921. The van der Waals surface area contributed by atoms with Gasteiger partial charge in [0, 0.05) is 42.1 Å². The molecular formula is C15H17ClFN3. The molecule has 1 aromatic heterocycles. The third-order valence-electron chi connectivity index (χ3n) is 3.25. The van der Waals surface area contributed by atoms with E-state index in [-0.39, 0.29) is 11.9 Å². The van der Waals surface area contributed by atoms with Crippen LogP contribution in [0.2, 0.25) is 5.02 Å². The fourth-order valence-electron chi connectivity index (χ4n) is 2.20. The van der Waals surface area contributed by atoms with Crippen molar-refractivity contribution in [2.24, 2.45) is 5.73 Å². The minimum Gasteiger partial charge on any atom is -0.329 e. The fourth-order valence-corrected chi connectivity index (χ4v) is 2.38. The first-order valence-corrected chi connectivity index (χ1v) is 6.73. The summed E-state index contributed by atoms with van der Waals surface area (Å²) in [5, 5.41) is 0.511. The summed E-state index contributed by atoms with van der Waals surface area (Å²) in [4.78, 5) is 5.98. The van der Waals surface area contributed by atoms with Gasteiger partial charge in [0.05, 0.1) is 0 Å². The molecule has 20 heavy (non-hydrogen) atoms. The molecule has 0 bridgehead atoms. The number of benzene rings is 1. The first-order chi connectivity index (χ1) is 9.61. The van der Waals surface area contributed by atoms with E-state index in [9.17, 15) is 4.39 Å². The van der Waals surface area contributed by atoms with Crippen LogP contribution in [-0.4, -0.2) is 23.5 Å². The van der Waals surface area contributed by atoms with E-state index in [1.807, 2.05) is 24.1 Å². The van der Waals surface area contributed by atoms with Crippen LogP contribution >= 0.6 is 11.6 Å². The van der Waals surface area contributed by atoms with Crippen molar-refractivity contribution >= 4 is 11.6 Å². The lowest BCUT2D eigenvalue weighted by Crippen LogP contribution is -2.30. The maximum atomic E-state index is 14.0.